The summed E-state index contributed by atoms with van der Waals surface area (Å²) < 4.78 is 5.09. The molecule has 1 saturated carbocycles. The average molecular weight is 311 g/mol. The Morgan fingerprint density at radius 2 is 1.90 bits per heavy atom. The van der Waals surface area contributed by atoms with E-state index in [1.165, 1.54) is 0 Å². The summed E-state index contributed by atoms with van der Waals surface area (Å²) in [4.78, 5) is 12.1. The maximum absolute atomic E-state index is 12.1. The highest BCUT2D eigenvalue weighted by molar-refractivity contribution is 6.34. The van der Waals surface area contributed by atoms with Crippen molar-refractivity contribution in [3.63, 3.8) is 0 Å². The van der Waals surface area contributed by atoms with Gasteiger partial charge in [0.05, 0.1) is 22.9 Å². The number of esters is 1. The third-order valence-corrected chi connectivity index (χ3v) is 5.22. The van der Waals surface area contributed by atoms with Gasteiger partial charge in [-0.2, -0.15) is 0 Å². The van der Waals surface area contributed by atoms with Gasteiger partial charge in [-0.3, -0.25) is 0 Å². The minimum atomic E-state index is -0.412. The van der Waals surface area contributed by atoms with Gasteiger partial charge in [0.25, 0.3) is 0 Å². The number of ether oxygens (including phenoxy) is 1. The number of nitrogens with two attached hydrogens (primary N) is 1. The predicted molar refractivity (Wildman–Crippen MR) is 86.8 cm³/mol. The Labute approximate surface area is 131 Å². The standard InChI is InChI=1S/C16H23ClN2O2/c1-6-21-13(20)10-7-9(18)8-11(17)12(10)19-14-15(2,3)16(14,4)5/h7-8,14,19H,6,18H2,1-5H3. The predicted octanol–water partition coefficient (Wildman–Crippen LogP) is 3.95. The molecule has 0 spiro atoms. The molecule has 1 aliphatic rings. The summed E-state index contributed by atoms with van der Waals surface area (Å²) in [6.07, 6.45) is 0. The van der Waals surface area contributed by atoms with Crippen LogP contribution in [0.5, 0.6) is 0 Å². The molecule has 21 heavy (non-hydrogen) atoms. The van der Waals surface area contributed by atoms with E-state index in [0.717, 1.165) is 0 Å². The molecule has 0 aliphatic heterocycles. The Morgan fingerprint density at radius 1 is 1.33 bits per heavy atom. The first kappa shape index (κ1) is 16.0. The van der Waals surface area contributed by atoms with Crippen molar-refractivity contribution in [1.29, 1.82) is 0 Å². The van der Waals surface area contributed by atoms with E-state index in [9.17, 15) is 4.79 Å². The van der Waals surface area contributed by atoms with Crippen LogP contribution in [0, 0.1) is 10.8 Å². The number of nitrogen functional groups attached to an aromatic ring is 1. The lowest BCUT2D eigenvalue weighted by molar-refractivity contribution is 0.0527. The lowest BCUT2D eigenvalue weighted by Crippen LogP contribution is -2.16. The molecule has 0 saturated heterocycles. The zero-order valence-electron chi connectivity index (χ0n) is 13.2. The fourth-order valence-corrected chi connectivity index (χ4v) is 3.13. The molecule has 116 valence electrons. The average Bonchev–Trinajstić information content (AvgIpc) is 2.74. The molecule has 0 atom stereocenters. The van der Waals surface area contributed by atoms with Crippen molar-refractivity contribution in [3.8, 4) is 0 Å². The van der Waals surface area contributed by atoms with Gasteiger partial charge >= 0.3 is 5.97 Å². The molecule has 1 aromatic rings. The third-order valence-electron chi connectivity index (χ3n) is 4.92. The Bertz CT molecular complexity index is 568. The van der Waals surface area contributed by atoms with Crippen LogP contribution in [-0.4, -0.2) is 18.6 Å². The molecule has 0 aromatic heterocycles. The van der Waals surface area contributed by atoms with E-state index >= 15 is 0 Å². The second-order valence-electron chi connectivity index (χ2n) is 6.67. The molecule has 0 unspecified atom stereocenters. The summed E-state index contributed by atoms with van der Waals surface area (Å²) in [6.45, 7) is 10.9. The van der Waals surface area contributed by atoms with Gasteiger partial charge in [-0.25, -0.2) is 4.79 Å². The lowest BCUT2D eigenvalue weighted by atomic mass is 10.0. The summed E-state index contributed by atoms with van der Waals surface area (Å²) in [6, 6.07) is 3.49. The summed E-state index contributed by atoms with van der Waals surface area (Å²) in [5.74, 6) is -0.412. The molecule has 1 aromatic carbocycles. The minimum absolute atomic E-state index is 0.129. The van der Waals surface area contributed by atoms with E-state index in [1.54, 1.807) is 19.1 Å². The Hall–Kier alpha value is -1.42. The highest BCUT2D eigenvalue weighted by Gasteiger charge is 2.65. The summed E-state index contributed by atoms with van der Waals surface area (Å²) in [7, 11) is 0. The summed E-state index contributed by atoms with van der Waals surface area (Å²) in [5, 5.41) is 3.85. The van der Waals surface area contributed by atoms with Crippen LogP contribution < -0.4 is 11.1 Å². The van der Waals surface area contributed by atoms with Crippen LogP contribution in [0.1, 0.15) is 45.0 Å². The number of hydrogen-bond donors (Lipinski definition) is 2. The first-order valence-electron chi connectivity index (χ1n) is 7.15. The minimum Gasteiger partial charge on any atom is -0.462 e. The highest BCUT2D eigenvalue weighted by Crippen LogP contribution is 2.64. The second kappa shape index (κ2) is 5.09. The molecule has 5 heteroatoms. The van der Waals surface area contributed by atoms with Gasteiger partial charge in [-0.15, -0.1) is 0 Å². The highest BCUT2D eigenvalue weighted by atomic mass is 35.5. The largest absolute Gasteiger partial charge is 0.462 e. The molecule has 0 heterocycles. The van der Waals surface area contributed by atoms with Crippen LogP contribution in [0.15, 0.2) is 12.1 Å². The first-order valence-corrected chi connectivity index (χ1v) is 7.53. The van der Waals surface area contributed by atoms with E-state index in [4.69, 9.17) is 22.1 Å². The maximum Gasteiger partial charge on any atom is 0.340 e. The molecule has 0 bridgehead atoms. The van der Waals surface area contributed by atoms with Crippen molar-refractivity contribution >= 4 is 28.9 Å². The van der Waals surface area contributed by atoms with Crippen LogP contribution in [-0.2, 0) is 4.74 Å². The fourth-order valence-electron chi connectivity index (χ4n) is 2.85. The lowest BCUT2D eigenvalue weighted by Gasteiger charge is -2.15. The van der Waals surface area contributed by atoms with Gasteiger partial charge in [0.1, 0.15) is 0 Å². The summed E-state index contributed by atoms with van der Waals surface area (Å²) in [5.41, 5.74) is 7.49. The van der Waals surface area contributed by atoms with Gasteiger partial charge < -0.3 is 15.8 Å². The van der Waals surface area contributed by atoms with Crippen LogP contribution >= 0.6 is 11.6 Å². The van der Waals surface area contributed by atoms with Gasteiger partial charge in [0.15, 0.2) is 0 Å². The fraction of sp³-hybridized carbons (Fsp3) is 0.562. The third kappa shape index (κ3) is 2.57. The van der Waals surface area contributed by atoms with Crippen LogP contribution in [0.3, 0.4) is 0 Å². The Kier molecular flexibility index (Phi) is 3.87. The van der Waals surface area contributed by atoms with Gasteiger partial charge in [0, 0.05) is 11.7 Å². The van der Waals surface area contributed by atoms with Gasteiger partial charge in [0.2, 0.25) is 0 Å². The van der Waals surface area contributed by atoms with Crippen molar-refractivity contribution in [3.05, 3.63) is 22.7 Å². The quantitative estimate of drug-likeness (QED) is 0.653. The number of benzene rings is 1. The number of rotatable bonds is 4. The number of halogens is 1. The Morgan fingerprint density at radius 3 is 2.38 bits per heavy atom. The molecule has 0 radical (unpaired) electrons. The zero-order chi connectivity index (χ0) is 16.0. The van der Waals surface area contributed by atoms with E-state index in [1.807, 2.05) is 0 Å². The number of nitrogens with one attached hydrogen (secondary N) is 1. The molecule has 4 nitrogen and oxygen atoms in total. The molecular formula is C16H23ClN2O2. The van der Waals surface area contributed by atoms with E-state index < -0.39 is 5.97 Å². The normalized spacial score (nSPS) is 19.1. The van der Waals surface area contributed by atoms with Crippen LogP contribution in [0.25, 0.3) is 0 Å². The van der Waals surface area contributed by atoms with Gasteiger partial charge in [-0.05, 0) is 29.9 Å². The summed E-state index contributed by atoms with van der Waals surface area (Å²) >= 11 is 6.29. The monoisotopic (exact) mass is 310 g/mol. The maximum atomic E-state index is 12.1. The molecule has 2 rings (SSSR count). The number of hydrogen-bond acceptors (Lipinski definition) is 4. The molecule has 1 fully saturated rings. The van der Waals surface area contributed by atoms with Crippen molar-refractivity contribution in [2.75, 3.05) is 17.7 Å². The Balaban J connectivity index is 2.37. The van der Waals surface area contributed by atoms with Crippen molar-refractivity contribution in [2.24, 2.45) is 10.8 Å². The van der Waals surface area contributed by atoms with Crippen molar-refractivity contribution < 1.29 is 9.53 Å². The molecular weight excluding hydrogens is 288 g/mol. The van der Waals surface area contributed by atoms with Crippen molar-refractivity contribution in [1.82, 2.24) is 0 Å². The topological polar surface area (TPSA) is 64.3 Å². The number of carbonyl (C=O) groups excluding carboxylic acids is 1. The molecule has 1 aliphatic carbocycles. The van der Waals surface area contributed by atoms with Crippen LogP contribution in [0.4, 0.5) is 11.4 Å². The number of anilines is 2. The van der Waals surface area contributed by atoms with Crippen molar-refractivity contribution in [2.45, 2.75) is 40.7 Å². The first-order chi connectivity index (χ1) is 9.62. The van der Waals surface area contributed by atoms with Crippen LogP contribution in [0.2, 0.25) is 5.02 Å². The smallest absolute Gasteiger partial charge is 0.340 e. The zero-order valence-corrected chi connectivity index (χ0v) is 14.0. The SMILES string of the molecule is CCOC(=O)c1cc(N)cc(Cl)c1NC1C(C)(C)C1(C)C. The number of carbonyl (C=O) groups is 1. The van der Waals surface area contributed by atoms with E-state index in [2.05, 4.69) is 33.0 Å². The molecule has 0 amide bonds. The van der Waals surface area contributed by atoms with E-state index in [-0.39, 0.29) is 16.9 Å². The van der Waals surface area contributed by atoms with E-state index in [0.29, 0.717) is 28.6 Å². The second-order valence-corrected chi connectivity index (χ2v) is 7.07. The molecule has 3 N–H and O–H groups in total. The van der Waals surface area contributed by atoms with Gasteiger partial charge in [-0.1, -0.05) is 39.3 Å².